The largest absolute Gasteiger partial charge is 0.294 e. The smallest absolute Gasteiger partial charge is 0.263 e. The third kappa shape index (κ3) is 2.93. The van der Waals surface area contributed by atoms with Crippen molar-refractivity contribution in [3.8, 4) is 0 Å². The molecule has 3 aromatic rings. The van der Waals surface area contributed by atoms with Crippen molar-refractivity contribution in [2.75, 3.05) is 0 Å². The topological polar surface area (TPSA) is 47.8 Å². The van der Waals surface area contributed by atoms with Crippen molar-refractivity contribution >= 4 is 22.6 Å². The fraction of sp³-hybridized carbons (Fsp3) is 0.316. The van der Waals surface area contributed by atoms with Crippen LogP contribution in [0.4, 0.5) is 4.39 Å². The first-order chi connectivity index (χ1) is 12.0. The van der Waals surface area contributed by atoms with Crippen molar-refractivity contribution in [1.29, 1.82) is 0 Å². The summed E-state index contributed by atoms with van der Waals surface area (Å²) < 4.78 is 15.4. The van der Waals surface area contributed by atoms with E-state index in [9.17, 15) is 9.18 Å². The van der Waals surface area contributed by atoms with Gasteiger partial charge in [-0.25, -0.2) is 14.4 Å². The molecule has 4 rings (SSSR count). The first kappa shape index (κ1) is 16.2. The van der Waals surface area contributed by atoms with E-state index in [0.29, 0.717) is 22.0 Å². The molecule has 1 aromatic carbocycles. The number of hydrogen-bond acceptors (Lipinski definition) is 3. The minimum atomic E-state index is -0.433. The molecule has 0 bridgehead atoms. The Bertz CT molecular complexity index is 1010. The molecule has 128 valence electrons. The second-order valence-corrected chi connectivity index (χ2v) is 7.10. The highest BCUT2D eigenvalue weighted by Crippen LogP contribution is 2.25. The van der Waals surface area contributed by atoms with E-state index in [0.717, 1.165) is 30.5 Å². The number of aromatic nitrogens is 3. The van der Waals surface area contributed by atoms with Gasteiger partial charge in [-0.1, -0.05) is 24.6 Å². The van der Waals surface area contributed by atoms with E-state index in [-0.39, 0.29) is 17.7 Å². The molecule has 0 N–H and O–H groups in total. The van der Waals surface area contributed by atoms with Gasteiger partial charge in [0.15, 0.2) is 5.65 Å². The van der Waals surface area contributed by atoms with Crippen molar-refractivity contribution in [2.45, 2.75) is 32.7 Å². The van der Waals surface area contributed by atoms with E-state index >= 15 is 0 Å². The van der Waals surface area contributed by atoms with Gasteiger partial charge in [-0.05, 0) is 48.9 Å². The lowest BCUT2D eigenvalue weighted by Crippen LogP contribution is -2.23. The zero-order valence-corrected chi connectivity index (χ0v) is 14.6. The number of nitrogens with zero attached hydrogens (tertiary/aromatic N) is 3. The highest BCUT2D eigenvalue weighted by Gasteiger charge is 2.19. The molecule has 0 amide bonds. The summed E-state index contributed by atoms with van der Waals surface area (Å²) in [6, 6.07) is 6.39. The molecule has 2 heterocycles. The summed E-state index contributed by atoms with van der Waals surface area (Å²) in [5.74, 6) is 0.153. The maximum atomic E-state index is 14.0. The first-order valence-corrected chi connectivity index (χ1v) is 8.71. The number of benzene rings is 1. The van der Waals surface area contributed by atoms with Gasteiger partial charge in [0, 0.05) is 16.3 Å². The zero-order chi connectivity index (χ0) is 17.6. The molecule has 4 nitrogen and oxygen atoms in total. The lowest BCUT2D eigenvalue weighted by atomic mass is 9.87. The third-order valence-electron chi connectivity index (χ3n) is 4.81. The summed E-state index contributed by atoms with van der Waals surface area (Å²) >= 11 is 6.07. The van der Waals surface area contributed by atoms with Gasteiger partial charge in [0.25, 0.3) is 5.56 Å². The maximum Gasteiger partial charge on any atom is 0.263 e. The van der Waals surface area contributed by atoms with E-state index in [1.165, 1.54) is 17.0 Å². The molecule has 0 saturated carbocycles. The number of pyridine rings is 1. The summed E-state index contributed by atoms with van der Waals surface area (Å²) in [5, 5.41) is 0.771. The maximum absolute atomic E-state index is 14.0. The molecule has 1 aliphatic rings. The molecule has 2 aromatic heterocycles. The van der Waals surface area contributed by atoms with Crippen molar-refractivity contribution in [2.24, 2.45) is 5.92 Å². The molecule has 0 aliphatic heterocycles. The Balaban J connectivity index is 1.81. The van der Waals surface area contributed by atoms with E-state index < -0.39 is 5.82 Å². The number of hydrogen-bond donors (Lipinski definition) is 0. The van der Waals surface area contributed by atoms with Crippen LogP contribution in [0.15, 0.2) is 35.4 Å². The molecule has 0 fully saturated rings. The van der Waals surface area contributed by atoms with Gasteiger partial charge in [0.1, 0.15) is 12.1 Å². The predicted molar refractivity (Wildman–Crippen MR) is 95.5 cm³/mol. The van der Waals surface area contributed by atoms with Crippen molar-refractivity contribution in [3.63, 3.8) is 0 Å². The van der Waals surface area contributed by atoms with Crippen molar-refractivity contribution in [1.82, 2.24) is 14.5 Å². The molecule has 1 unspecified atom stereocenters. The molecule has 25 heavy (non-hydrogen) atoms. The highest BCUT2D eigenvalue weighted by molar-refractivity contribution is 6.31. The molecule has 0 radical (unpaired) electrons. The molecular weight excluding hydrogens is 341 g/mol. The van der Waals surface area contributed by atoms with Crippen molar-refractivity contribution in [3.05, 3.63) is 68.6 Å². The van der Waals surface area contributed by atoms with Crippen LogP contribution in [0.25, 0.3) is 11.0 Å². The SMILES string of the molecule is CC1CCc2nc3ncn(Cc4c(F)cccc4Cl)c(=O)c3cc2C1. The van der Waals surface area contributed by atoms with Gasteiger partial charge in [-0.2, -0.15) is 0 Å². The molecule has 1 atom stereocenters. The van der Waals surface area contributed by atoms with Gasteiger partial charge in [0.05, 0.1) is 11.9 Å². The minimum absolute atomic E-state index is 0.0424. The monoisotopic (exact) mass is 357 g/mol. The Hall–Kier alpha value is -2.27. The third-order valence-corrected chi connectivity index (χ3v) is 5.17. The number of fused-ring (bicyclic) bond motifs is 2. The molecular formula is C19H17ClFN3O. The molecule has 6 heteroatoms. The van der Waals surface area contributed by atoms with Gasteiger partial charge >= 0.3 is 0 Å². The van der Waals surface area contributed by atoms with Crippen LogP contribution in [0.5, 0.6) is 0 Å². The van der Waals surface area contributed by atoms with Gasteiger partial charge in [-0.15, -0.1) is 0 Å². The summed E-state index contributed by atoms with van der Waals surface area (Å²) in [6.45, 7) is 2.25. The normalized spacial score (nSPS) is 16.8. The molecule has 1 aliphatic carbocycles. The van der Waals surface area contributed by atoms with Crippen LogP contribution in [0, 0.1) is 11.7 Å². The number of rotatable bonds is 2. The van der Waals surface area contributed by atoms with Crippen LogP contribution in [-0.2, 0) is 19.4 Å². The quantitative estimate of drug-likeness (QED) is 0.701. The van der Waals surface area contributed by atoms with Crippen LogP contribution in [0.3, 0.4) is 0 Å². The van der Waals surface area contributed by atoms with Crippen LogP contribution in [-0.4, -0.2) is 14.5 Å². The Labute approximate surface area is 149 Å². The molecule has 0 spiro atoms. The van der Waals surface area contributed by atoms with Crippen LogP contribution in [0.1, 0.15) is 30.2 Å². The van der Waals surface area contributed by atoms with Gasteiger partial charge in [-0.3, -0.25) is 9.36 Å². The first-order valence-electron chi connectivity index (χ1n) is 8.34. The predicted octanol–water partition coefficient (Wildman–Crippen LogP) is 3.76. The van der Waals surface area contributed by atoms with Gasteiger partial charge < -0.3 is 0 Å². The Morgan fingerprint density at radius 1 is 1.40 bits per heavy atom. The summed E-state index contributed by atoms with van der Waals surface area (Å²) in [4.78, 5) is 21.7. The average Bonchev–Trinajstić information content (AvgIpc) is 2.59. The number of halogens is 2. The van der Waals surface area contributed by atoms with Crippen LogP contribution >= 0.6 is 11.6 Å². The standard InChI is InChI=1S/C19H17ClFN3O/c1-11-5-6-17-12(7-11)8-13-18(23-17)22-10-24(19(13)25)9-14-15(20)3-2-4-16(14)21/h2-4,8,10-11H,5-7,9H2,1H3. The summed E-state index contributed by atoms with van der Waals surface area (Å²) in [7, 11) is 0. The number of aryl methyl sites for hydroxylation is 1. The van der Waals surface area contributed by atoms with E-state index in [4.69, 9.17) is 11.6 Å². The lowest BCUT2D eigenvalue weighted by molar-refractivity contribution is 0.495. The second kappa shape index (κ2) is 6.23. The highest BCUT2D eigenvalue weighted by atomic mass is 35.5. The fourth-order valence-corrected chi connectivity index (χ4v) is 3.61. The van der Waals surface area contributed by atoms with E-state index in [2.05, 4.69) is 16.9 Å². The van der Waals surface area contributed by atoms with Crippen LogP contribution < -0.4 is 5.56 Å². The lowest BCUT2D eigenvalue weighted by Gasteiger charge is -2.20. The van der Waals surface area contributed by atoms with E-state index in [1.54, 1.807) is 12.1 Å². The Morgan fingerprint density at radius 3 is 3.04 bits per heavy atom. The fourth-order valence-electron chi connectivity index (χ4n) is 3.39. The van der Waals surface area contributed by atoms with E-state index in [1.807, 2.05) is 6.07 Å². The Kier molecular flexibility index (Phi) is 4.04. The zero-order valence-electron chi connectivity index (χ0n) is 13.8. The Morgan fingerprint density at radius 2 is 2.24 bits per heavy atom. The van der Waals surface area contributed by atoms with Crippen molar-refractivity contribution < 1.29 is 4.39 Å². The summed E-state index contributed by atoms with van der Waals surface area (Å²) in [5.41, 5.74) is 2.67. The molecule has 0 saturated heterocycles. The van der Waals surface area contributed by atoms with Gasteiger partial charge in [0.2, 0.25) is 0 Å². The van der Waals surface area contributed by atoms with Crippen LogP contribution in [0.2, 0.25) is 5.02 Å². The average molecular weight is 358 g/mol. The second-order valence-electron chi connectivity index (χ2n) is 6.69. The summed E-state index contributed by atoms with van der Waals surface area (Å²) in [6.07, 6.45) is 4.36. The minimum Gasteiger partial charge on any atom is -0.294 e.